The first-order valence-corrected chi connectivity index (χ1v) is 15.0. The van der Waals surface area contributed by atoms with Crippen LogP contribution in [0.2, 0.25) is 0 Å². The fourth-order valence-corrected chi connectivity index (χ4v) is 9.57. The van der Waals surface area contributed by atoms with Crippen LogP contribution in [0.15, 0.2) is 24.3 Å². The summed E-state index contributed by atoms with van der Waals surface area (Å²) in [5.74, 6) is -1.78. The zero-order valence-corrected chi connectivity index (χ0v) is 24.8. The van der Waals surface area contributed by atoms with E-state index in [0.717, 1.165) is 32.1 Å². The minimum Gasteiger partial charge on any atom is -0.465 e. The fourth-order valence-electron chi connectivity index (χ4n) is 7.41. The van der Waals surface area contributed by atoms with Crippen molar-refractivity contribution in [2.24, 2.45) is 17.3 Å². The van der Waals surface area contributed by atoms with Crippen LogP contribution in [-0.4, -0.2) is 80.1 Å². The Kier molecular flexibility index (Phi) is 8.17. The van der Waals surface area contributed by atoms with Crippen LogP contribution in [0.3, 0.4) is 0 Å². The summed E-state index contributed by atoms with van der Waals surface area (Å²) in [4.78, 5) is 46.1. The number of ether oxygens (including phenoxy) is 1. The number of cyclic esters (lactones) is 1. The Morgan fingerprint density at radius 3 is 2.39 bits per heavy atom. The number of carbonyl (C=O) groups excluding carboxylic acids is 3. The predicted molar refractivity (Wildman–Crippen MR) is 150 cm³/mol. The molecular formula is C30H46N2O5S. The molecule has 2 saturated heterocycles. The molecule has 2 amide bonds. The molecule has 8 heteroatoms. The van der Waals surface area contributed by atoms with Gasteiger partial charge >= 0.3 is 5.97 Å². The van der Waals surface area contributed by atoms with E-state index in [1.807, 2.05) is 17.9 Å². The second kappa shape index (κ2) is 10.6. The molecule has 4 aliphatic heterocycles. The average molecular weight is 547 g/mol. The fraction of sp³-hybridized carbons (Fsp3) is 0.767. The Labute approximate surface area is 232 Å². The Morgan fingerprint density at radius 1 is 1.00 bits per heavy atom. The van der Waals surface area contributed by atoms with Crippen LogP contribution < -0.4 is 0 Å². The number of amides is 2. The molecule has 212 valence electrons. The molecule has 0 aliphatic carbocycles. The average Bonchev–Trinajstić information content (AvgIpc) is 3.10. The highest BCUT2D eigenvalue weighted by Gasteiger charge is 2.74. The number of likely N-dealkylation sites (tertiary alicyclic amines) is 1. The van der Waals surface area contributed by atoms with Crippen LogP contribution >= 0.6 is 11.8 Å². The maximum Gasteiger partial charge on any atom is 0.311 e. The number of esters is 1. The Bertz CT molecular complexity index is 1000. The van der Waals surface area contributed by atoms with Crippen molar-refractivity contribution in [1.29, 1.82) is 0 Å². The van der Waals surface area contributed by atoms with E-state index in [4.69, 9.17) is 9.84 Å². The topological polar surface area (TPSA) is 87.2 Å². The van der Waals surface area contributed by atoms with Gasteiger partial charge in [-0.15, -0.1) is 11.8 Å². The molecule has 0 aromatic heterocycles. The van der Waals surface area contributed by atoms with Crippen molar-refractivity contribution in [3.8, 4) is 0 Å². The quantitative estimate of drug-likeness (QED) is 0.277. The van der Waals surface area contributed by atoms with Crippen LogP contribution in [0.1, 0.15) is 80.1 Å². The molecule has 0 radical (unpaired) electrons. The van der Waals surface area contributed by atoms with Crippen molar-refractivity contribution in [1.82, 2.24) is 9.80 Å². The SMILES string of the molecule is CC(C)(C)CC(C)(C)N1CC=C[C@]23S[C@@]4(C)C=CCCOC(=O)[C@H]4[C@H]2C(=O)N(CCCCCCO)C3C1=O. The zero-order chi connectivity index (χ0) is 27.9. The van der Waals surface area contributed by atoms with Crippen molar-refractivity contribution >= 4 is 29.5 Å². The third kappa shape index (κ3) is 5.19. The minimum atomic E-state index is -0.834. The summed E-state index contributed by atoms with van der Waals surface area (Å²) in [6.45, 7) is 14.2. The van der Waals surface area contributed by atoms with Gasteiger partial charge in [-0.1, -0.05) is 57.9 Å². The minimum absolute atomic E-state index is 0.0213. The maximum atomic E-state index is 14.6. The second-order valence-electron chi connectivity index (χ2n) is 13.4. The predicted octanol–water partition coefficient (Wildman–Crippen LogP) is 4.34. The van der Waals surface area contributed by atoms with Crippen LogP contribution in [0, 0.1) is 17.3 Å². The third-order valence-electron chi connectivity index (χ3n) is 8.52. The summed E-state index contributed by atoms with van der Waals surface area (Å²) in [6, 6.07) is -0.674. The van der Waals surface area contributed by atoms with Gasteiger partial charge in [0.25, 0.3) is 0 Å². The summed E-state index contributed by atoms with van der Waals surface area (Å²) in [5, 5.41) is 9.16. The molecule has 0 aromatic carbocycles. The Hall–Kier alpha value is -1.80. The van der Waals surface area contributed by atoms with E-state index in [-0.39, 0.29) is 29.8 Å². The third-order valence-corrected chi connectivity index (χ3v) is 10.3. The Balaban J connectivity index is 1.77. The normalized spacial score (nSPS) is 33.4. The first kappa shape index (κ1) is 29.2. The van der Waals surface area contributed by atoms with Crippen LogP contribution in [0.5, 0.6) is 0 Å². The van der Waals surface area contributed by atoms with Crippen molar-refractivity contribution in [2.75, 3.05) is 26.3 Å². The van der Waals surface area contributed by atoms with Crippen LogP contribution in [0.25, 0.3) is 0 Å². The summed E-state index contributed by atoms with van der Waals surface area (Å²) in [5.41, 5.74) is -0.389. The largest absolute Gasteiger partial charge is 0.465 e. The van der Waals surface area contributed by atoms with E-state index < -0.39 is 32.9 Å². The molecular weight excluding hydrogens is 500 g/mol. The van der Waals surface area contributed by atoms with Gasteiger partial charge in [-0.2, -0.15) is 0 Å². The van der Waals surface area contributed by atoms with Gasteiger partial charge in [0.1, 0.15) is 6.04 Å². The summed E-state index contributed by atoms with van der Waals surface area (Å²) in [6.07, 6.45) is 13.0. The monoisotopic (exact) mass is 546 g/mol. The molecule has 1 unspecified atom stereocenters. The van der Waals surface area contributed by atoms with E-state index in [2.05, 4.69) is 52.8 Å². The number of aliphatic hydroxyl groups is 1. The number of carbonyl (C=O) groups is 3. The van der Waals surface area contributed by atoms with Crippen molar-refractivity contribution in [3.63, 3.8) is 0 Å². The lowest BCUT2D eigenvalue weighted by Crippen LogP contribution is -2.58. The molecule has 38 heavy (non-hydrogen) atoms. The molecule has 7 nitrogen and oxygen atoms in total. The molecule has 5 atom stereocenters. The molecule has 4 rings (SSSR count). The number of aliphatic hydroxyl groups excluding tert-OH is 1. The number of rotatable bonds is 8. The van der Waals surface area contributed by atoms with E-state index >= 15 is 0 Å². The summed E-state index contributed by atoms with van der Waals surface area (Å²) in [7, 11) is 0. The Morgan fingerprint density at radius 2 is 1.71 bits per heavy atom. The van der Waals surface area contributed by atoms with Crippen LogP contribution in [0.4, 0.5) is 0 Å². The lowest BCUT2D eigenvalue weighted by atomic mass is 9.74. The number of hydrogen-bond acceptors (Lipinski definition) is 6. The zero-order valence-electron chi connectivity index (χ0n) is 24.0. The molecule has 1 spiro atoms. The number of hydrogen-bond donors (Lipinski definition) is 1. The smallest absolute Gasteiger partial charge is 0.311 e. The molecule has 4 aliphatic rings. The number of thioether (sulfide) groups is 1. The standard InChI is InChI=1S/C30H46N2O5S/c1-27(2,3)20-28(4,5)32-17-13-15-30-21(22-26(36)37-19-12-9-14-29(22,6)38-30)24(34)31(23(30)25(32)35)16-10-7-8-11-18-33/h9,13-15,21-23,33H,7-8,10-12,16-20H2,1-6H3/t21-,22+,23?,29-,30-/m0/s1. The number of unbranched alkanes of at least 4 members (excludes halogenated alkanes) is 3. The molecule has 2 fully saturated rings. The van der Waals surface area contributed by atoms with E-state index in [9.17, 15) is 14.4 Å². The summed E-state index contributed by atoms with van der Waals surface area (Å²) < 4.78 is 4.16. The highest BCUT2D eigenvalue weighted by Crippen LogP contribution is 2.65. The van der Waals surface area contributed by atoms with Crippen molar-refractivity contribution < 1.29 is 24.2 Å². The molecule has 0 saturated carbocycles. The highest BCUT2D eigenvalue weighted by molar-refractivity contribution is 8.02. The molecule has 1 N–H and O–H groups in total. The van der Waals surface area contributed by atoms with E-state index in [0.29, 0.717) is 26.1 Å². The van der Waals surface area contributed by atoms with E-state index in [1.165, 1.54) is 0 Å². The van der Waals surface area contributed by atoms with Gasteiger partial charge in [-0.3, -0.25) is 14.4 Å². The van der Waals surface area contributed by atoms with Crippen LogP contribution in [-0.2, 0) is 19.1 Å². The van der Waals surface area contributed by atoms with Gasteiger partial charge in [0, 0.05) is 30.0 Å². The van der Waals surface area contributed by atoms with Gasteiger partial charge in [-0.05, 0) is 51.9 Å². The lowest BCUT2D eigenvalue weighted by Gasteiger charge is -2.44. The maximum absolute atomic E-state index is 14.6. The van der Waals surface area contributed by atoms with Crippen molar-refractivity contribution in [3.05, 3.63) is 24.3 Å². The number of nitrogens with zero attached hydrogens (tertiary/aromatic N) is 2. The molecule has 0 bridgehead atoms. The van der Waals surface area contributed by atoms with Gasteiger partial charge in [0.2, 0.25) is 11.8 Å². The first-order valence-electron chi connectivity index (χ1n) is 14.2. The van der Waals surface area contributed by atoms with Gasteiger partial charge in [0.15, 0.2) is 0 Å². The van der Waals surface area contributed by atoms with Gasteiger partial charge < -0.3 is 19.6 Å². The molecule has 0 aromatic rings. The second-order valence-corrected chi connectivity index (χ2v) is 15.2. The summed E-state index contributed by atoms with van der Waals surface area (Å²) >= 11 is 1.61. The van der Waals surface area contributed by atoms with Gasteiger partial charge in [0.05, 0.1) is 23.2 Å². The lowest BCUT2D eigenvalue weighted by molar-refractivity contribution is -0.154. The van der Waals surface area contributed by atoms with Crippen molar-refractivity contribution in [2.45, 2.75) is 101 Å². The number of fused-ring (bicyclic) bond motifs is 2. The molecule has 4 heterocycles. The first-order chi connectivity index (χ1) is 17.8. The van der Waals surface area contributed by atoms with E-state index in [1.54, 1.807) is 16.7 Å². The van der Waals surface area contributed by atoms with Gasteiger partial charge in [-0.25, -0.2) is 0 Å². The highest BCUT2D eigenvalue weighted by atomic mass is 32.2.